The van der Waals surface area contributed by atoms with E-state index in [4.69, 9.17) is 4.74 Å². The predicted octanol–water partition coefficient (Wildman–Crippen LogP) is 2.00. The summed E-state index contributed by atoms with van der Waals surface area (Å²) >= 11 is 0. The summed E-state index contributed by atoms with van der Waals surface area (Å²) in [7, 11) is 0. The number of rotatable bonds is 2. The van der Waals surface area contributed by atoms with Crippen molar-refractivity contribution in [3.63, 3.8) is 0 Å². The van der Waals surface area contributed by atoms with E-state index >= 15 is 0 Å². The second-order valence-electron chi connectivity index (χ2n) is 4.64. The third-order valence-electron chi connectivity index (χ3n) is 3.17. The van der Waals surface area contributed by atoms with Crippen LogP contribution in [-0.2, 0) is 4.74 Å². The SMILES string of the molecule is CC1CC(Nc2ccc3nccnc3n2)CCO1. The van der Waals surface area contributed by atoms with Crippen LogP contribution < -0.4 is 5.32 Å². The second kappa shape index (κ2) is 4.86. The van der Waals surface area contributed by atoms with Gasteiger partial charge in [-0.25, -0.2) is 9.97 Å². The van der Waals surface area contributed by atoms with E-state index in [-0.39, 0.29) is 0 Å². The van der Waals surface area contributed by atoms with Gasteiger partial charge in [-0.1, -0.05) is 0 Å². The summed E-state index contributed by atoms with van der Waals surface area (Å²) < 4.78 is 5.53. The Labute approximate surface area is 106 Å². The third-order valence-corrected chi connectivity index (χ3v) is 3.17. The van der Waals surface area contributed by atoms with Crippen LogP contribution >= 0.6 is 0 Å². The molecular weight excluding hydrogens is 228 g/mol. The summed E-state index contributed by atoms with van der Waals surface area (Å²) in [5.74, 6) is 0.863. The van der Waals surface area contributed by atoms with Gasteiger partial charge in [-0.15, -0.1) is 0 Å². The molecule has 0 radical (unpaired) electrons. The Bertz CT molecular complexity index is 545. The number of nitrogens with zero attached hydrogens (tertiary/aromatic N) is 3. The zero-order valence-electron chi connectivity index (χ0n) is 10.3. The highest BCUT2D eigenvalue weighted by Crippen LogP contribution is 2.18. The van der Waals surface area contributed by atoms with Crippen LogP contribution in [0.3, 0.4) is 0 Å². The largest absolute Gasteiger partial charge is 0.378 e. The minimum absolute atomic E-state index is 0.316. The Morgan fingerprint density at radius 3 is 3.06 bits per heavy atom. The molecule has 0 bridgehead atoms. The molecule has 5 nitrogen and oxygen atoms in total. The van der Waals surface area contributed by atoms with Crippen molar-refractivity contribution in [1.29, 1.82) is 0 Å². The van der Waals surface area contributed by atoms with Crippen molar-refractivity contribution < 1.29 is 4.74 Å². The van der Waals surface area contributed by atoms with Crippen molar-refractivity contribution in [2.75, 3.05) is 11.9 Å². The van der Waals surface area contributed by atoms with Crippen molar-refractivity contribution in [1.82, 2.24) is 15.0 Å². The second-order valence-corrected chi connectivity index (χ2v) is 4.64. The van der Waals surface area contributed by atoms with Gasteiger partial charge in [0, 0.05) is 25.0 Å². The summed E-state index contributed by atoms with van der Waals surface area (Å²) in [4.78, 5) is 12.9. The van der Waals surface area contributed by atoms with Crippen LogP contribution in [0, 0.1) is 0 Å². The van der Waals surface area contributed by atoms with Crippen LogP contribution in [0.4, 0.5) is 5.82 Å². The molecule has 0 amide bonds. The van der Waals surface area contributed by atoms with Gasteiger partial charge >= 0.3 is 0 Å². The highest BCUT2D eigenvalue weighted by atomic mass is 16.5. The van der Waals surface area contributed by atoms with Crippen LogP contribution in [0.25, 0.3) is 11.2 Å². The Morgan fingerprint density at radius 1 is 1.28 bits per heavy atom. The maximum absolute atomic E-state index is 5.53. The van der Waals surface area contributed by atoms with E-state index in [1.165, 1.54) is 0 Å². The van der Waals surface area contributed by atoms with E-state index in [0.29, 0.717) is 17.8 Å². The van der Waals surface area contributed by atoms with E-state index in [2.05, 4.69) is 27.2 Å². The minimum Gasteiger partial charge on any atom is -0.378 e. The first kappa shape index (κ1) is 11.3. The molecule has 1 aliphatic rings. The molecule has 2 unspecified atom stereocenters. The molecule has 1 aliphatic heterocycles. The minimum atomic E-state index is 0.316. The molecular formula is C13H16N4O. The Kier molecular flexibility index (Phi) is 3.06. The standard InChI is InChI=1S/C13H16N4O/c1-9-8-10(4-7-18-9)16-12-3-2-11-13(17-12)15-6-5-14-11/h2-3,5-6,9-10H,4,7-8H2,1H3,(H,15,16,17). The third kappa shape index (κ3) is 2.41. The maximum atomic E-state index is 5.53. The van der Waals surface area contributed by atoms with E-state index in [1.54, 1.807) is 12.4 Å². The summed E-state index contributed by atoms with van der Waals surface area (Å²) in [6, 6.07) is 4.33. The zero-order valence-corrected chi connectivity index (χ0v) is 10.3. The summed E-state index contributed by atoms with van der Waals surface area (Å²) in [5, 5.41) is 3.44. The lowest BCUT2D eigenvalue weighted by molar-refractivity contribution is 0.0232. The Morgan fingerprint density at radius 2 is 2.17 bits per heavy atom. The lowest BCUT2D eigenvalue weighted by Crippen LogP contribution is -2.32. The summed E-state index contributed by atoms with van der Waals surface area (Å²) in [6.07, 6.45) is 5.69. The predicted molar refractivity (Wildman–Crippen MR) is 69.4 cm³/mol. The highest BCUT2D eigenvalue weighted by molar-refractivity contribution is 5.71. The molecule has 1 fully saturated rings. The van der Waals surface area contributed by atoms with Crippen molar-refractivity contribution in [3.05, 3.63) is 24.5 Å². The van der Waals surface area contributed by atoms with Gasteiger partial charge in [-0.05, 0) is 31.9 Å². The number of pyridine rings is 1. The molecule has 1 N–H and O–H groups in total. The van der Waals surface area contributed by atoms with E-state index in [1.807, 2.05) is 12.1 Å². The van der Waals surface area contributed by atoms with Gasteiger partial charge in [-0.3, -0.25) is 4.98 Å². The fourth-order valence-corrected chi connectivity index (χ4v) is 2.27. The topological polar surface area (TPSA) is 59.9 Å². The first-order valence-electron chi connectivity index (χ1n) is 6.27. The van der Waals surface area contributed by atoms with Crippen LogP contribution in [0.1, 0.15) is 19.8 Å². The fourth-order valence-electron chi connectivity index (χ4n) is 2.27. The lowest BCUT2D eigenvalue weighted by atomic mass is 10.0. The molecule has 94 valence electrons. The van der Waals surface area contributed by atoms with Gasteiger partial charge < -0.3 is 10.1 Å². The number of hydrogen-bond donors (Lipinski definition) is 1. The van der Waals surface area contributed by atoms with Crippen LogP contribution in [0.5, 0.6) is 0 Å². The quantitative estimate of drug-likeness (QED) is 0.875. The van der Waals surface area contributed by atoms with E-state index in [9.17, 15) is 0 Å². The van der Waals surface area contributed by atoms with Crippen molar-refractivity contribution in [2.45, 2.75) is 31.9 Å². The Balaban J connectivity index is 1.78. The number of aromatic nitrogens is 3. The van der Waals surface area contributed by atoms with Crippen molar-refractivity contribution >= 4 is 17.0 Å². The molecule has 2 aromatic heterocycles. The molecule has 3 rings (SSSR count). The molecule has 0 saturated carbocycles. The molecule has 5 heteroatoms. The first-order valence-corrected chi connectivity index (χ1v) is 6.27. The van der Waals surface area contributed by atoms with Gasteiger partial charge in [0.2, 0.25) is 0 Å². The van der Waals surface area contributed by atoms with E-state index < -0.39 is 0 Å². The molecule has 0 spiro atoms. The number of fused-ring (bicyclic) bond motifs is 1. The van der Waals surface area contributed by atoms with Crippen LogP contribution in [0.2, 0.25) is 0 Å². The average molecular weight is 244 g/mol. The fraction of sp³-hybridized carbons (Fsp3) is 0.462. The zero-order chi connectivity index (χ0) is 12.4. The number of anilines is 1. The maximum Gasteiger partial charge on any atom is 0.180 e. The van der Waals surface area contributed by atoms with Crippen molar-refractivity contribution in [2.24, 2.45) is 0 Å². The first-order chi connectivity index (χ1) is 8.81. The lowest BCUT2D eigenvalue weighted by Gasteiger charge is -2.28. The van der Waals surface area contributed by atoms with Gasteiger partial charge in [0.25, 0.3) is 0 Å². The molecule has 0 aliphatic carbocycles. The van der Waals surface area contributed by atoms with E-state index in [0.717, 1.165) is 30.8 Å². The average Bonchev–Trinajstić information content (AvgIpc) is 2.39. The molecule has 2 atom stereocenters. The molecule has 18 heavy (non-hydrogen) atoms. The normalized spacial score (nSPS) is 24.1. The number of ether oxygens (including phenoxy) is 1. The summed E-state index contributed by atoms with van der Waals surface area (Å²) in [5.41, 5.74) is 1.51. The number of nitrogens with one attached hydrogen (secondary N) is 1. The molecule has 1 saturated heterocycles. The highest BCUT2D eigenvalue weighted by Gasteiger charge is 2.19. The summed E-state index contributed by atoms with van der Waals surface area (Å²) in [6.45, 7) is 2.92. The Hall–Kier alpha value is -1.75. The molecule has 2 aromatic rings. The van der Waals surface area contributed by atoms with Crippen LogP contribution in [-0.4, -0.2) is 33.7 Å². The van der Waals surface area contributed by atoms with Gasteiger partial charge in [0.05, 0.1) is 6.10 Å². The molecule has 0 aromatic carbocycles. The number of hydrogen-bond acceptors (Lipinski definition) is 5. The van der Waals surface area contributed by atoms with Gasteiger partial charge in [0.15, 0.2) is 5.65 Å². The monoisotopic (exact) mass is 244 g/mol. The van der Waals surface area contributed by atoms with Crippen molar-refractivity contribution in [3.8, 4) is 0 Å². The molecule has 3 heterocycles. The van der Waals surface area contributed by atoms with Gasteiger partial charge in [-0.2, -0.15) is 0 Å². The smallest absolute Gasteiger partial charge is 0.180 e. The van der Waals surface area contributed by atoms with Crippen LogP contribution in [0.15, 0.2) is 24.5 Å². The van der Waals surface area contributed by atoms with Gasteiger partial charge in [0.1, 0.15) is 11.3 Å².